The first-order chi connectivity index (χ1) is 25.5. The highest BCUT2D eigenvalue weighted by atomic mass is 14.5. The van der Waals surface area contributed by atoms with Crippen LogP contribution in [0.3, 0.4) is 0 Å². The van der Waals surface area contributed by atoms with Crippen molar-refractivity contribution in [3.8, 4) is 22.3 Å². The highest BCUT2D eigenvalue weighted by Gasteiger charge is 2.53. The van der Waals surface area contributed by atoms with Crippen LogP contribution in [0.15, 0.2) is 164 Å². The molecule has 0 nitrogen and oxygen atoms in total. The Morgan fingerprint density at radius 2 is 0.943 bits per heavy atom. The van der Waals surface area contributed by atoms with E-state index in [1.807, 2.05) is 0 Å². The van der Waals surface area contributed by atoms with Crippen molar-refractivity contribution in [3.63, 3.8) is 0 Å². The molecular formula is C53H48. The zero-order valence-corrected chi connectivity index (χ0v) is 31.8. The van der Waals surface area contributed by atoms with Crippen LogP contribution in [0.2, 0.25) is 0 Å². The Morgan fingerprint density at radius 3 is 1.51 bits per heavy atom. The van der Waals surface area contributed by atoms with Crippen LogP contribution in [0.25, 0.3) is 39.1 Å². The minimum Gasteiger partial charge on any atom is -0.0751 e. The number of hydrogen-bond donors (Lipinski definition) is 0. The lowest BCUT2D eigenvalue weighted by Crippen LogP contribution is -2.40. The van der Waals surface area contributed by atoms with Crippen LogP contribution in [0, 0.1) is 0 Å². The summed E-state index contributed by atoms with van der Waals surface area (Å²) in [6, 6.07) is 60.2. The third kappa shape index (κ3) is 5.34. The van der Waals surface area contributed by atoms with Gasteiger partial charge in [-0.3, -0.25) is 0 Å². The SMILES string of the molecule is CC(C)(C)c1ccc2c(c1)C(C(c1ccccc1)(c1ccccc1)C1C=Cc3c(-c4ccc5ccccc5c4)cccc31)c1cc(C(C)(C)C)ccc1-2. The van der Waals surface area contributed by atoms with E-state index in [4.69, 9.17) is 0 Å². The smallest absolute Gasteiger partial charge is 0.0415 e. The van der Waals surface area contributed by atoms with Crippen LogP contribution in [-0.4, -0.2) is 0 Å². The standard InChI is InChI=1S/C53H48/c1-51(2,3)40-26-28-44-45-29-27-41(52(4,5)6)34-48(45)50(47(44)33-40)53(38-18-9-7-10-19-38,39-20-11-8-12-21-39)49-31-30-43-42(22-15-23-46(43)49)37-25-24-35-16-13-14-17-36(35)32-37/h7-34,49-50H,1-6H3. The Balaban J connectivity index is 1.37. The van der Waals surface area contributed by atoms with Crippen LogP contribution >= 0.6 is 0 Å². The van der Waals surface area contributed by atoms with Gasteiger partial charge in [-0.25, -0.2) is 0 Å². The number of benzene rings is 7. The number of rotatable bonds is 5. The quantitative estimate of drug-likeness (QED) is 0.169. The van der Waals surface area contributed by atoms with Crippen molar-refractivity contribution in [3.05, 3.63) is 208 Å². The molecule has 0 bridgehead atoms. The maximum atomic E-state index is 2.56. The van der Waals surface area contributed by atoms with Crippen LogP contribution in [-0.2, 0) is 16.2 Å². The number of allylic oxidation sites excluding steroid dienone is 1. The summed E-state index contributed by atoms with van der Waals surface area (Å²) in [5.41, 5.74) is 15.9. The molecule has 0 amide bonds. The molecule has 0 aromatic heterocycles. The molecule has 0 heterocycles. The van der Waals surface area contributed by atoms with Crippen LogP contribution in [0.4, 0.5) is 0 Å². The largest absolute Gasteiger partial charge is 0.0751 e. The minimum absolute atomic E-state index is 0.0156. The molecule has 7 aromatic rings. The fourth-order valence-electron chi connectivity index (χ4n) is 9.49. The first kappa shape index (κ1) is 33.4. The molecule has 260 valence electrons. The summed E-state index contributed by atoms with van der Waals surface area (Å²) in [6.45, 7) is 14.1. The van der Waals surface area contributed by atoms with Gasteiger partial charge in [0.2, 0.25) is 0 Å². The van der Waals surface area contributed by atoms with Gasteiger partial charge < -0.3 is 0 Å². The van der Waals surface area contributed by atoms with E-state index in [0.29, 0.717) is 0 Å². The molecule has 1 unspecified atom stereocenters. The second kappa shape index (κ2) is 12.3. The summed E-state index contributed by atoms with van der Waals surface area (Å²) in [5, 5.41) is 2.54. The van der Waals surface area contributed by atoms with Crippen LogP contribution < -0.4 is 0 Å². The van der Waals surface area contributed by atoms with E-state index in [0.717, 1.165) is 0 Å². The summed E-state index contributed by atoms with van der Waals surface area (Å²) in [4.78, 5) is 0. The Labute approximate surface area is 315 Å². The number of hydrogen-bond acceptors (Lipinski definition) is 0. The lowest BCUT2D eigenvalue weighted by atomic mass is 9.55. The molecule has 0 saturated heterocycles. The molecule has 2 aliphatic rings. The van der Waals surface area contributed by atoms with Gasteiger partial charge in [-0.15, -0.1) is 0 Å². The molecule has 0 aliphatic heterocycles. The van der Waals surface area contributed by atoms with E-state index < -0.39 is 5.41 Å². The summed E-state index contributed by atoms with van der Waals surface area (Å²) in [7, 11) is 0. The van der Waals surface area contributed by atoms with Gasteiger partial charge in [0.15, 0.2) is 0 Å². The normalized spacial score (nSPS) is 15.4. The fraction of sp³-hybridized carbons (Fsp3) is 0.208. The van der Waals surface area contributed by atoms with Crippen molar-refractivity contribution in [2.45, 2.75) is 69.6 Å². The molecule has 9 rings (SSSR count). The van der Waals surface area contributed by atoms with E-state index in [9.17, 15) is 0 Å². The summed E-state index contributed by atoms with van der Waals surface area (Å²) >= 11 is 0. The first-order valence-corrected chi connectivity index (χ1v) is 19.3. The summed E-state index contributed by atoms with van der Waals surface area (Å²) < 4.78 is 0. The maximum absolute atomic E-state index is 2.56. The molecule has 0 saturated carbocycles. The van der Waals surface area contributed by atoms with Crippen molar-refractivity contribution in [1.29, 1.82) is 0 Å². The molecule has 0 N–H and O–H groups in total. The Hall–Kier alpha value is -5.46. The second-order valence-corrected chi connectivity index (χ2v) is 17.3. The molecule has 2 aliphatic carbocycles. The molecule has 0 radical (unpaired) electrons. The van der Waals surface area contributed by atoms with E-state index in [-0.39, 0.29) is 22.7 Å². The summed E-state index contributed by atoms with van der Waals surface area (Å²) in [5.74, 6) is 0.134. The van der Waals surface area contributed by atoms with E-state index in [2.05, 4.69) is 211 Å². The van der Waals surface area contributed by atoms with E-state index >= 15 is 0 Å². The van der Waals surface area contributed by atoms with Crippen molar-refractivity contribution < 1.29 is 0 Å². The second-order valence-electron chi connectivity index (χ2n) is 17.3. The van der Waals surface area contributed by atoms with Gasteiger partial charge in [0.25, 0.3) is 0 Å². The zero-order valence-electron chi connectivity index (χ0n) is 31.8. The van der Waals surface area contributed by atoms with Gasteiger partial charge in [0.1, 0.15) is 0 Å². The van der Waals surface area contributed by atoms with Gasteiger partial charge in [0.05, 0.1) is 0 Å². The zero-order chi connectivity index (χ0) is 36.5. The average molecular weight is 685 g/mol. The van der Waals surface area contributed by atoms with Gasteiger partial charge in [-0.05, 0) is 94.4 Å². The molecule has 0 heteroatoms. The Morgan fingerprint density at radius 1 is 0.396 bits per heavy atom. The average Bonchev–Trinajstić information content (AvgIpc) is 3.75. The molecule has 7 aromatic carbocycles. The van der Waals surface area contributed by atoms with Gasteiger partial charge in [-0.2, -0.15) is 0 Å². The molecule has 0 fully saturated rings. The van der Waals surface area contributed by atoms with Crippen molar-refractivity contribution in [1.82, 2.24) is 0 Å². The fourth-order valence-corrected chi connectivity index (χ4v) is 9.49. The van der Waals surface area contributed by atoms with Gasteiger partial charge in [-0.1, -0.05) is 205 Å². The third-order valence-electron chi connectivity index (χ3n) is 12.2. The predicted molar refractivity (Wildman–Crippen MR) is 226 cm³/mol. The lowest BCUT2D eigenvalue weighted by molar-refractivity contribution is 0.415. The van der Waals surface area contributed by atoms with Crippen molar-refractivity contribution in [2.75, 3.05) is 0 Å². The van der Waals surface area contributed by atoms with E-state index in [1.165, 1.54) is 77.5 Å². The van der Waals surface area contributed by atoms with Crippen LogP contribution in [0.1, 0.15) is 97.9 Å². The predicted octanol–water partition coefficient (Wildman–Crippen LogP) is 14.0. The van der Waals surface area contributed by atoms with Crippen molar-refractivity contribution >= 4 is 16.8 Å². The molecule has 1 atom stereocenters. The highest BCUT2D eigenvalue weighted by Crippen LogP contribution is 2.63. The summed E-state index contributed by atoms with van der Waals surface area (Å²) in [6.07, 6.45) is 4.97. The van der Waals surface area contributed by atoms with Crippen LogP contribution in [0.5, 0.6) is 0 Å². The third-order valence-corrected chi connectivity index (χ3v) is 12.2. The Kier molecular flexibility index (Phi) is 7.75. The van der Waals surface area contributed by atoms with Gasteiger partial charge in [0, 0.05) is 17.3 Å². The topological polar surface area (TPSA) is 0 Å². The van der Waals surface area contributed by atoms with Gasteiger partial charge >= 0.3 is 0 Å². The monoisotopic (exact) mass is 684 g/mol. The lowest BCUT2D eigenvalue weighted by Gasteiger charge is -2.46. The highest BCUT2D eigenvalue weighted by molar-refractivity contribution is 5.90. The Bertz CT molecular complexity index is 2410. The molecule has 53 heavy (non-hydrogen) atoms. The maximum Gasteiger partial charge on any atom is 0.0415 e. The van der Waals surface area contributed by atoms with Crippen molar-refractivity contribution in [2.24, 2.45) is 0 Å². The number of fused-ring (bicyclic) bond motifs is 5. The van der Waals surface area contributed by atoms with E-state index in [1.54, 1.807) is 0 Å². The minimum atomic E-state index is -0.459. The first-order valence-electron chi connectivity index (χ1n) is 19.3. The molecule has 0 spiro atoms. The molecular weight excluding hydrogens is 637 g/mol.